The van der Waals surface area contributed by atoms with Crippen LogP contribution in [0.25, 0.3) is 0 Å². The molecule has 1 saturated heterocycles. The number of rotatable bonds is 26. The topological polar surface area (TPSA) is 212 Å². The number of unbranched alkanes of at least 4 members (excludes halogenated alkanes) is 2. The van der Waals surface area contributed by atoms with Crippen LogP contribution in [0.5, 0.6) is 0 Å². The molecule has 0 aliphatic carbocycles. The highest BCUT2D eigenvalue weighted by molar-refractivity contribution is 6.12. The van der Waals surface area contributed by atoms with Gasteiger partial charge < -0.3 is 39.9 Å². The number of hydrogen-bond donors (Lipinski definition) is 3. The van der Waals surface area contributed by atoms with Crippen molar-refractivity contribution in [3.05, 3.63) is 48.0 Å². The number of carboxylic acids is 1. The summed E-state index contributed by atoms with van der Waals surface area (Å²) in [6.07, 6.45) is 4.67. The summed E-state index contributed by atoms with van der Waals surface area (Å²) in [6, 6.07) is 5.82. The number of nitrogens with one attached hydrogen (secondary N) is 2. The number of methoxy groups -OCH3 is 2. The lowest BCUT2D eigenvalue weighted by molar-refractivity contribution is -0.150. The first-order chi connectivity index (χ1) is 30.6. The third kappa shape index (κ3) is 14.2. The number of carbonyl (C=O) groups excluding carboxylic acids is 7. The van der Waals surface area contributed by atoms with Gasteiger partial charge >= 0.3 is 5.97 Å². The number of carbonyl (C=O) groups is 8. The summed E-state index contributed by atoms with van der Waals surface area (Å²) in [5.41, 5.74) is -0.566. The average molecular weight is 911 g/mol. The normalized spacial score (nSPS) is 18.4. The molecule has 0 aromatic heterocycles. The highest BCUT2D eigenvalue weighted by Crippen LogP contribution is 2.30. The standard InChI is InChI=1S/C48H74N6O11/c1-12-31(4)42(51(8)45(60)41(30(2)3)50-47(63)48(6,7)52(9)37(55)23-17-14-18-26-54-38(56)24-25-39(54)57)36(64-10)29-40(58)53-27-19-22-35(53)43(65-11)32(5)44(59)49-34(46(61)62)28-33-20-15-13-16-21-33/h13,15-16,20-21,24-25,30-32,34-36,41-43H,12,14,17-19,22-23,26-29H2,1-11H3,(H,49,59)(H,50,63)(H,61,62)/t31?,32?,34?,35-,36?,41?,42?,43?/m0/s1. The number of hydrogen-bond acceptors (Lipinski definition) is 10. The summed E-state index contributed by atoms with van der Waals surface area (Å²) in [4.78, 5) is 111. The van der Waals surface area contributed by atoms with Gasteiger partial charge in [-0.25, -0.2) is 4.79 Å². The second-order valence-electron chi connectivity index (χ2n) is 18.4. The smallest absolute Gasteiger partial charge is 0.326 e. The molecule has 2 aliphatic heterocycles. The molecule has 0 bridgehead atoms. The molecular weight excluding hydrogens is 837 g/mol. The Morgan fingerprint density at radius 3 is 2.09 bits per heavy atom. The highest BCUT2D eigenvalue weighted by atomic mass is 16.5. The Bertz CT molecular complexity index is 1840. The third-order valence-electron chi connectivity index (χ3n) is 13.3. The zero-order valence-corrected chi connectivity index (χ0v) is 40.3. The van der Waals surface area contributed by atoms with Gasteiger partial charge in [0.05, 0.1) is 36.6 Å². The lowest BCUT2D eigenvalue weighted by Gasteiger charge is -2.41. The molecule has 7 amide bonds. The molecule has 2 aliphatic rings. The molecule has 17 heteroatoms. The van der Waals surface area contributed by atoms with Crippen molar-refractivity contribution in [3.8, 4) is 0 Å². The van der Waals surface area contributed by atoms with Crippen LogP contribution in [-0.2, 0) is 54.3 Å². The maximum Gasteiger partial charge on any atom is 0.326 e. The highest BCUT2D eigenvalue weighted by Gasteiger charge is 2.44. The van der Waals surface area contributed by atoms with E-state index in [0.29, 0.717) is 45.1 Å². The van der Waals surface area contributed by atoms with Gasteiger partial charge in [0.25, 0.3) is 11.8 Å². The van der Waals surface area contributed by atoms with Crippen LogP contribution in [0.4, 0.5) is 0 Å². The summed E-state index contributed by atoms with van der Waals surface area (Å²) in [5.74, 6) is -5.06. The van der Waals surface area contributed by atoms with E-state index in [1.807, 2.05) is 33.8 Å². The van der Waals surface area contributed by atoms with E-state index in [0.717, 1.165) is 10.5 Å². The first kappa shape index (κ1) is 54.2. The number of carboxylic acid groups (broad SMARTS) is 1. The molecule has 1 fully saturated rings. The lowest BCUT2D eigenvalue weighted by Crippen LogP contribution is -2.62. The van der Waals surface area contributed by atoms with E-state index in [4.69, 9.17) is 9.47 Å². The maximum absolute atomic E-state index is 14.5. The average Bonchev–Trinajstić information content (AvgIpc) is 3.89. The van der Waals surface area contributed by atoms with Gasteiger partial charge in [-0.05, 0) is 56.9 Å². The van der Waals surface area contributed by atoms with Crippen LogP contribution in [0.2, 0.25) is 0 Å². The Kier molecular flexibility index (Phi) is 20.8. The van der Waals surface area contributed by atoms with E-state index in [9.17, 15) is 43.5 Å². The van der Waals surface area contributed by atoms with Gasteiger partial charge in [0.1, 0.15) is 17.6 Å². The fourth-order valence-corrected chi connectivity index (χ4v) is 8.72. The van der Waals surface area contributed by atoms with Crippen molar-refractivity contribution in [2.75, 3.05) is 41.4 Å². The Labute approximate surface area is 385 Å². The van der Waals surface area contributed by atoms with Crippen LogP contribution >= 0.6 is 0 Å². The number of ether oxygens (including phenoxy) is 2. The molecule has 2 heterocycles. The zero-order chi connectivity index (χ0) is 48.8. The van der Waals surface area contributed by atoms with Crippen molar-refractivity contribution in [1.82, 2.24) is 30.2 Å². The van der Waals surface area contributed by atoms with E-state index in [-0.39, 0.29) is 67.2 Å². The molecule has 3 N–H and O–H groups in total. The minimum atomic E-state index is -1.33. The van der Waals surface area contributed by atoms with E-state index < -0.39 is 65.6 Å². The van der Waals surface area contributed by atoms with E-state index in [2.05, 4.69) is 10.6 Å². The number of amides is 7. The molecule has 65 heavy (non-hydrogen) atoms. The predicted molar refractivity (Wildman–Crippen MR) is 244 cm³/mol. The van der Waals surface area contributed by atoms with Crippen molar-refractivity contribution in [1.29, 1.82) is 0 Å². The first-order valence-corrected chi connectivity index (χ1v) is 22.9. The largest absolute Gasteiger partial charge is 0.480 e. The van der Waals surface area contributed by atoms with Gasteiger partial charge in [0.15, 0.2) is 0 Å². The van der Waals surface area contributed by atoms with Crippen molar-refractivity contribution < 1.29 is 52.9 Å². The fourth-order valence-electron chi connectivity index (χ4n) is 8.72. The van der Waals surface area contributed by atoms with Crippen molar-refractivity contribution in [2.24, 2.45) is 17.8 Å². The number of nitrogens with zero attached hydrogens (tertiary/aromatic N) is 4. The van der Waals surface area contributed by atoms with Crippen LogP contribution in [0, 0.1) is 17.8 Å². The predicted octanol–water partition coefficient (Wildman–Crippen LogP) is 3.58. The summed E-state index contributed by atoms with van der Waals surface area (Å²) in [6.45, 7) is 13.2. The number of benzene rings is 1. The van der Waals surface area contributed by atoms with Crippen LogP contribution in [0.15, 0.2) is 42.5 Å². The maximum atomic E-state index is 14.5. The molecule has 0 spiro atoms. The molecule has 8 atom stereocenters. The van der Waals surface area contributed by atoms with Gasteiger partial charge in [0, 0.05) is 66.4 Å². The van der Waals surface area contributed by atoms with Gasteiger partial charge in [-0.2, -0.15) is 0 Å². The molecule has 7 unspecified atom stereocenters. The van der Waals surface area contributed by atoms with Crippen molar-refractivity contribution in [3.63, 3.8) is 0 Å². The van der Waals surface area contributed by atoms with E-state index in [1.165, 1.54) is 31.3 Å². The lowest BCUT2D eigenvalue weighted by atomic mass is 9.89. The molecule has 1 aromatic carbocycles. The molecule has 17 nitrogen and oxygen atoms in total. The Morgan fingerprint density at radius 2 is 1.54 bits per heavy atom. The van der Waals surface area contributed by atoms with Crippen LogP contribution in [-0.4, -0.2) is 155 Å². The zero-order valence-electron chi connectivity index (χ0n) is 40.3. The van der Waals surface area contributed by atoms with Gasteiger partial charge in [-0.15, -0.1) is 0 Å². The van der Waals surface area contributed by atoms with Crippen molar-refractivity contribution >= 4 is 47.3 Å². The summed E-state index contributed by atoms with van der Waals surface area (Å²) >= 11 is 0. The van der Waals surface area contributed by atoms with E-state index in [1.54, 1.807) is 68.9 Å². The molecule has 3 rings (SSSR count). The Hall–Kier alpha value is -5.16. The van der Waals surface area contributed by atoms with E-state index >= 15 is 0 Å². The quantitative estimate of drug-likeness (QED) is 0.0904. The second-order valence-corrected chi connectivity index (χ2v) is 18.4. The van der Waals surface area contributed by atoms with Crippen LogP contribution in [0.3, 0.4) is 0 Å². The third-order valence-corrected chi connectivity index (χ3v) is 13.3. The van der Waals surface area contributed by atoms with Crippen LogP contribution in [0.1, 0.15) is 105 Å². The summed E-state index contributed by atoms with van der Waals surface area (Å²) in [5, 5.41) is 15.5. The van der Waals surface area contributed by atoms with Gasteiger partial charge in [-0.1, -0.05) is 77.8 Å². The Morgan fingerprint density at radius 1 is 0.908 bits per heavy atom. The summed E-state index contributed by atoms with van der Waals surface area (Å²) in [7, 11) is 6.16. The molecule has 0 radical (unpaired) electrons. The molecule has 0 saturated carbocycles. The first-order valence-electron chi connectivity index (χ1n) is 22.9. The van der Waals surface area contributed by atoms with Crippen LogP contribution < -0.4 is 10.6 Å². The molecule has 362 valence electrons. The SMILES string of the molecule is CCC(C)C(C(CC(=O)N1CCC[C@H]1C(OC)C(C)C(=O)NC(Cc1ccccc1)C(=O)O)OC)N(C)C(=O)C(NC(=O)C(C)(C)N(C)C(=O)CCCCCN1C(=O)C=CC1=O)C(C)C. The number of imide groups is 1. The van der Waals surface area contributed by atoms with Gasteiger partial charge in [0.2, 0.25) is 29.5 Å². The minimum absolute atomic E-state index is 0.0842. The number of likely N-dealkylation sites (N-methyl/N-ethyl adjacent to an activating group) is 2. The number of aliphatic carboxylic acids is 1. The van der Waals surface area contributed by atoms with Crippen molar-refractivity contribution in [2.45, 2.75) is 148 Å². The number of likely N-dealkylation sites (tertiary alicyclic amines) is 1. The minimum Gasteiger partial charge on any atom is -0.480 e. The Balaban J connectivity index is 1.69. The second kappa shape index (κ2) is 24.9. The molecule has 1 aromatic rings. The molecular formula is C48H74N6O11. The fraction of sp³-hybridized carbons (Fsp3) is 0.667. The monoisotopic (exact) mass is 911 g/mol. The summed E-state index contributed by atoms with van der Waals surface area (Å²) < 4.78 is 11.9. The van der Waals surface area contributed by atoms with Gasteiger partial charge in [-0.3, -0.25) is 38.5 Å².